The number of hydrogen-bond donors (Lipinski definition) is 0. The van der Waals surface area contributed by atoms with Gasteiger partial charge in [0.1, 0.15) is 0 Å². The number of allylic oxidation sites excluding steroid dienone is 3. The summed E-state index contributed by atoms with van der Waals surface area (Å²) >= 11 is 0. The van der Waals surface area contributed by atoms with E-state index in [-0.39, 0.29) is 0 Å². The summed E-state index contributed by atoms with van der Waals surface area (Å²) < 4.78 is 0. The van der Waals surface area contributed by atoms with E-state index in [4.69, 9.17) is 10.5 Å². The van der Waals surface area contributed by atoms with Gasteiger partial charge in [0.05, 0.1) is 18.6 Å². The van der Waals surface area contributed by atoms with Crippen LogP contribution in [0.4, 0.5) is 0 Å². The molecule has 0 spiro atoms. The summed E-state index contributed by atoms with van der Waals surface area (Å²) in [7, 11) is 0. The van der Waals surface area contributed by atoms with Crippen LogP contribution in [0.25, 0.3) is 0 Å². The lowest BCUT2D eigenvalue weighted by Gasteiger charge is -1.70. The highest BCUT2D eigenvalue weighted by molar-refractivity contribution is 4.87. The summed E-state index contributed by atoms with van der Waals surface area (Å²) in [5.41, 5.74) is 0. The Hall–Kier alpha value is -1.54. The second-order valence-corrected chi connectivity index (χ2v) is 1.92. The largest absolute Gasteiger partial charge is 0.198 e. The predicted molar refractivity (Wildman–Crippen MR) is 50.1 cm³/mol. The monoisotopic (exact) mass is 162 g/mol. The molecule has 0 aliphatic carbocycles. The third-order valence-electron chi connectivity index (χ3n) is 0.905. The first kappa shape index (κ1) is 13.1. The molecule has 0 bridgehead atoms. The van der Waals surface area contributed by atoms with Gasteiger partial charge in [0, 0.05) is 6.42 Å². The van der Waals surface area contributed by atoms with Crippen LogP contribution < -0.4 is 0 Å². The fourth-order valence-electron chi connectivity index (χ4n) is 0.337. The Morgan fingerprint density at radius 2 is 2.00 bits per heavy atom. The molecular formula is C10H14N2. The van der Waals surface area contributed by atoms with Crippen molar-refractivity contribution in [1.29, 1.82) is 10.5 Å². The minimum atomic E-state index is 0.538. The van der Waals surface area contributed by atoms with Crippen molar-refractivity contribution in [3.63, 3.8) is 0 Å². The van der Waals surface area contributed by atoms with Crippen LogP contribution in [0.15, 0.2) is 24.8 Å². The van der Waals surface area contributed by atoms with Crippen LogP contribution in [0.3, 0.4) is 0 Å². The maximum absolute atomic E-state index is 7.90. The van der Waals surface area contributed by atoms with Crippen LogP contribution in [0.5, 0.6) is 0 Å². The second-order valence-electron chi connectivity index (χ2n) is 1.92. The van der Waals surface area contributed by atoms with Gasteiger partial charge in [-0.1, -0.05) is 18.2 Å². The molecule has 0 aliphatic heterocycles. The molecule has 0 aromatic rings. The van der Waals surface area contributed by atoms with Crippen molar-refractivity contribution in [1.82, 2.24) is 0 Å². The molecular weight excluding hydrogens is 148 g/mol. The smallest absolute Gasteiger partial charge is 0.0663 e. The van der Waals surface area contributed by atoms with Gasteiger partial charge < -0.3 is 0 Å². The summed E-state index contributed by atoms with van der Waals surface area (Å²) in [6.07, 6.45) is 7.38. The van der Waals surface area contributed by atoms with Crippen LogP contribution in [-0.4, -0.2) is 0 Å². The average molecular weight is 162 g/mol. The lowest BCUT2D eigenvalue weighted by atomic mass is 10.3. The van der Waals surface area contributed by atoms with E-state index in [1.807, 2.05) is 31.2 Å². The lowest BCUT2D eigenvalue weighted by Crippen LogP contribution is -1.57. The van der Waals surface area contributed by atoms with Crippen LogP contribution in [0.2, 0.25) is 0 Å². The normalized spacial score (nSPS) is 7.58. The van der Waals surface area contributed by atoms with E-state index in [0.717, 1.165) is 6.42 Å². The van der Waals surface area contributed by atoms with Crippen molar-refractivity contribution in [3.8, 4) is 12.1 Å². The number of rotatable bonds is 3. The number of hydrogen-bond acceptors (Lipinski definition) is 2. The molecule has 0 radical (unpaired) electrons. The minimum Gasteiger partial charge on any atom is -0.198 e. The summed E-state index contributed by atoms with van der Waals surface area (Å²) in [5.74, 6) is 0. The Morgan fingerprint density at radius 3 is 2.17 bits per heavy atom. The maximum Gasteiger partial charge on any atom is 0.0663 e. The first-order valence-electron chi connectivity index (χ1n) is 3.79. The Bertz CT molecular complexity index is 191. The molecule has 0 heterocycles. The van der Waals surface area contributed by atoms with E-state index in [1.54, 1.807) is 6.08 Å². The Morgan fingerprint density at radius 1 is 1.33 bits per heavy atom. The van der Waals surface area contributed by atoms with Gasteiger partial charge in [-0.25, -0.2) is 0 Å². The zero-order valence-corrected chi connectivity index (χ0v) is 7.45. The molecule has 2 heteroatoms. The molecule has 0 aliphatic rings. The van der Waals surface area contributed by atoms with Crippen molar-refractivity contribution < 1.29 is 0 Å². The van der Waals surface area contributed by atoms with Gasteiger partial charge in [0.25, 0.3) is 0 Å². The number of nitrogens with zero attached hydrogens (tertiary/aromatic N) is 2. The van der Waals surface area contributed by atoms with E-state index in [9.17, 15) is 0 Å². The Labute approximate surface area is 74.4 Å². The van der Waals surface area contributed by atoms with Crippen LogP contribution in [-0.2, 0) is 0 Å². The quantitative estimate of drug-likeness (QED) is 0.473. The van der Waals surface area contributed by atoms with Crippen LogP contribution >= 0.6 is 0 Å². The topological polar surface area (TPSA) is 47.6 Å². The van der Waals surface area contributed by atoms with Crippen molar-refractivity contribution in [2.75, 3.05) is 0 Å². The summed E-state index contributed by atoms with van der Waals surface area (Å²) in [6.45, 7) is 5.35. The molecule has 0 saturated carbocycles. The van der Waals surface area contributed by atoms with E-state index in [1.165, 1.54) is 0 Å². The molecule has 0 saturated heterocycles. The van der Waals surface area contributed by atoms with Crippen molar-refractivity contribution in [2.45, 2.75) is 26.2 Å². The molecule has 0 atom stereocenters. The van der Waals surface area contributed by atoms with Crippen molar-refractivity contribution >= 4 is 0 Å². The summed E-state index contributed by atoms with van der Waals surface area (Å²) in [6, 6.07) is 3.98. The Balaban J connectivity index is 0. The standard InChI is InChI=1S/2C5H7N/c2*1-2-3-4-5-6/h2-3H,4H2,1H3;2H,1,3-4H2/b3-2+;. The molecule has 12 heavy (non-hydrogen) atoms. The fourth-order valence-corrected chi connectivity index (χ4v) is 0.337. The van der Waals surface area contributed by atoms with E-state index < -0.39 is 0 Å². The van der Waals surface area contributed by atoms with Crippen LogP contribution in [0.1, 0.15) is 26.2 Å². The first-order chi connectivity index (χ1) is 5.83. The zero-order valence-electron chi connectivity index (χ0n) is 7.45. The predicted octanol–water partition coefficient (Wildman–Crippen LogP) is 2.95. The van der Waals surface area contributed by atoms with Crippen molar-refractivity contribution in [2.24, 2.45) is 0 Å². The highest BCUT2D eigenvalue weighted by atomic mass is 14.2. The summed E-state index contributed by atoms with van der Waals surface area (Å²) in [5, 5.41) is 15.8. The number of nitriles is 2. The molecule has 0 unspecified atom stereocenters. The molecule has 2 nitrogen and oxygen atoms in total. The van der Waals surface area contributed by atoms with Gasteiger partial charge in [0.15, 0.2) is 0 Å². The van der Waals surface area contributed by atoms with E-state index in [2.05, 4.69) is 6.58 Å². The molecule has 0 N–H and O–H groups in total. The third kappa shape index (κ3) is 23.7. The van der Waals surface area contributed by atoms with Crippen molar-refractivity contribution in [3.05, 3.63) is 24.8 Å². The van der Waals surface area contributed by atoms with Gasteiger partial charge in [-0.15, -0.1) is 6.58 Å². The molecule has 0 amide bonds. The van der Waals surface area contributed by atoms with Gasteiger partial charge >= 0.3 is 0 Å². The molecule has 0 aromatic heterocycles. The minimum absolute atomic E-state index is 0.538. The average Bonchev–Trinajstić information content (AvgIpc) is 2.12. The van der Waals surface area contributed by atoms with Crippen LogP contribution in [0, 0.1) is 22.7 Å². The highest BCUT2D eigenvalue weighted by Gasteiger charge is 1.69. The zero-order chi connectivity index (χ0) is 9.66. The fraction of sp³-hybridized carbons (Fsp3) is 0.400. The second kappa shape index (κ2) is 16.2. The lowest BCUT2D eigenvalue weighted by molar-refractivity contribution is 1.07. The van der Waals surface area contributed by atoms with E-state index in [0.29, 0.717) is 12.8 Å². The van der Waals surface area contributed by atoms with Gasteiger partial charge in [-0.05, 0) is 13.3 Å². The molecule has 0 rings (SSSR count). The molecule has 0 fully saturated rings. The van der Waals surface area contributed by atoms with Gasteiger partial charge in [-0.3, -0.25) is 0 Å². The number of unbranched alkanes of at least 4 members (excludes halogenated alkanes) is 1. The molecule has 64 valence electrons. The Kier molecular flexibility index (Phi) is 17.7. The first-order valence-corrected chi connectivity index (χ1v) is 3.79. The molecule has 0 aromatic carbocycles. The van der Waals surface area contributed by atoms with E-state index >= 15 is 0 Å². The summed E-state index contributed by atoms with van der Waals surface area (Å²) in [4.78, 5) is 0. The third-order valence-corrected chi connectivity index (χ3v) is 0.905. The van der Waals surface area contributed by atoms with Gasteiger partial charge in [-0.2, -0.15) is 10.5 Å². The SMILES string of the molecule is C/C=C/CC#N.C=CCCC#N. The van der Waals surface area contributed by atoms with Gasteiger partial charge in [0.2, 0.25) is 0 Å². The maximum atomic E-state index is 7.90. The highest BCUT2D eigenvalue weighted by Crippen LogP contribution is 1.82.